The van der Waals surface area contributed by atoms with E-state index in [-0.39, 0.29) is 18.5 Å². The maximum absolute atomic E-state index is 12.7. The Morgan fingerprint density at radius 1 is 1.17 bits per heavy atom. The summed E-state index contributed by atoms with van der Waals surface area (Å²) in [5.41, 5.74) is 1.11. The quantitative estimate of drug-likeness (QED) is 0.892. The summed E-state index contributed by atoms with van der Waals surface area (Å²) in [4.78, 5) is 27.7. The molecular formula is C18H24N2O4. The monoisotopic (exact) mass is 332 g/mol. The molecular weight excluding hydrogens is 308 g/mol. The minimum absolute atomic E-state index is 0.0291. The Hall–Kier alpha value is -2.08. The number of amides is 1. The largest absolute Gasteiger partial charge is 0.497 e. The predicted molar refractivity (Wildman–Crippen MR) is 88.9 cm³/mol. The molecule has 1 aromatic rings. The molecule has 0 spiro atoms. The Morgan fingerprint density at radius 3 is 2.54 bits per heavy atom. The molecule has 2 aliphatic rings. The summed E-state index contributed by atoms with van der Waals surface area (Å²) in [6, 6.07) is 7.40. The highest BCUT2D eigenvalue weighted by Crippen LogP contribution is 2.33. The van der Waals surface area contributed by atoms with E-state index >= 15 is 0 Å². The van der Waals surface area contributed by atoms with Gasteiger partial charge in [0.25, 0.3) is 0 Å². The lowest BCUT2D eigenvalue weighted by molar-refractivity contribution is -0.143. The van der Waals surface area contributed by atoms with Gasteiger partial charge in [-0.15, -0.1) is 0 Å². The number of carbonyl (C=O) groups is 2. The number of carboxylic acid groups (broad SMARTS) is 1. The zero-order valence-corrected chi connectivity index (χ0v) is 14.0. The summed E-state index contributed by atoms with van der Waals surface area (Å²) in [5.74, 6) is 0.00545. The van der Waals surface area contributed by atoms with E-state index in [4.69, 9.17) is 4.74 Å². The lowest BCUT2D eigenvalue weighted by Gasteiger charge is -2.28. The first-order valence-corrected chi connectivity index (χ1v) is 8.50. The van der Waals surface area contributed by atoms with Crippen molar-refractivity contribution in [2.24, 2.45) is 0 Å². The van der Waals surface area contributed by atoms with E-state index in [9.17, 15) is 14.7 Å². The highest BCUT2D eigenvalue weighted by atomic mass is 16.5. The fourth-order valence-corrected chi connectivity index (χ4v) is 3.80. The molecule has 0 radical (unpaired) electrons. The summed E-state index contributed by atoms with van der Waals surface area (Å²) in [6.07, 6.45) is 3.39. The zero-order valence-electron chi connectivity index (χ0n) is 14.0. The van der Waals surface area contributed by atoms with Crippen molar-refractivity contribution in [1.29, 1.82) is 0 Å². The van der Waals surface area contributed by atoms with Gasteiger partial charge in [-0.05, 0) is 49.9 Å². The van der Waals surface area contributed by atoms with Crippen LogP contribution in [0.3, 0.4) is 0 Å². The SMILES string of the molecule is COc1ccc([C@H]2CCCN2C(=O)CN2CCC[C@@H]2C(=O)O)cc1. The van der Waals surface area contributed by atoms with Crippen LogP contribution in [-0.4, -0.2) is 59.6 Å². The molecule has 24 heavy (non-hydrogen) atoms. The zero-order chi connectivity index (χ0) is 17.1. The first-order valence-electron chi connectivity index (χ1n) is 8.50. The number of carboxylic acids is 1. The van der Waals surface area contributed by atoms with Crippen LogP contribution in [0.5, 0.6) is 5.75 Å². The third-order valence-electron chi connectivity index (χ3n) is 5.06. The molecule has 2 aliphatic heterocycles. The van der Waals surface area contributed by atoms with Gasteiger partial charge in [0.1, 0.15) is 11.8 Å². The van der Waals surface area contributed by atoms with Crippen molar-refractivity contribution in [2.75, 3.05) is 26.7 Å². The molecule has 0 saturated carbocycles. The number of benzene rings is 1. The second-order valence-electron chi connectivity index (χ2n) is 6.49. The van der Waals surface area contributed by atoms with E-state index < -0.39 is 12.0 Å². The van der Waals surface area contributed by atoms with E-state index in [1.54, 1.807) is 12.0 Å². The lowest BCUT2D eigenvalue weighted by Crippen LogP contribution is -2.44. The molecule has 1 aromatic carbocycles. The average Bonchev–Trinajstić information content (AvgIpc) is 3.24. The molecule has 6 heteroatoms. The van der Waals surface area contributed by atoms with Crippen LogP contribution in [0.25, 0.3) is 0 Å². The molecule has 3 rings (SSSR count). The maximum atomic E-state index is 12.7. The third-order valence-corrected chi connectivity index (χ3v) is 5.06. The van der Waals surface area contributed by atoms with Crippen molar-refractivity contribution >= 4 is 11.9 Å². The van der Waals surface area contributed by atoms with Gasteiger partial charge in [0.05, 0.1) is 19.7 Å². The minimum Gasteiger partial charge on any atom is -0.497 e. The van der Waals surface area contributed by atoms with Crippen LogP contribution in [0.4, 0.5) is 0 Å². The van der Waals surface area contributed by atoms with Crippen LogP contribution in [0.1, 0.15) is 37.3 Å². The number of nitrogens with zero attached hydrogens (tertiary/aromatic N) is 2. The number of carbonyl (C=O) groups excluding carboxylic acids is 1. The smallest absolute Gasteiger partial charge is 0.320 e. The Balaban J connectivity index is 1.68. The average molecular weight is 332 g/mol. The fourth-order valence-electron chi connectivity index (χ4n) is 3.80. The van der Waals surface area contributed by atoms with E-state index in [0.29, 0.717) is 13.0 Å². The van der Waals surface area contributed by atoms with Gasteiger partial charge in [-0.2, -0.15) is 0 Å². The van der Waals surface area contributed by atoms with E-state index in [2.05, 4.69) is 0 Å². The van der Waals surface area contributed by atoms with Gasteiger partial charge in [0, 0.05) is 6.54 Å². The number of hydrogen-bond donors (Lipinski definition) is 1. The van der Waals surface area contributed by atoms with Gasteiger partial charge in [-0.25, -0.2) is 0 Å². The second kappa shape index (κ2) is 7.21. The molecule has 0 aromatic heterocycles. The van der Waals surface area contributed by atoms with Crippen LogP contribution in [0, 0.1) is 0 Å². The molecule has 130 valence electrons. The number of hydrogen-bond acceptors (Lipinski definition) is 4. The van der Waals surface area contributed by atoms with Crippen molar-refractivity contribution in [3.63, 3.8) is 0 Å². The first-order chi connectivity index (χ1) is 11.6. The molecule has 6 nitrogen and oxygen atoms in total. The van der Waals surface area contributed by atoms with Crippen molar-refractivity contribution in [2.45, 2.75) is 37.8 Å². The van der Waals surface area contributed by atoms with Crippen molar-refractivity contribution in [1.82, 2.24) is 9.80 Å². The van der Waals surface area contributed by atoms with Gasteiger partial charge >= 0.3 is 5.97 Å². The van der Waals surface area contributed by atoms with E-state index in [1.165, 1.54) is 0 Å². The molecule has 0 bridgehead atoms. The third kappa shape index (κ3) is 3.38. The van der Waals surface area contributed by atoms with Gasteiger partial charge in [-0.3, -0.25) is 14.5 Å². The fraction of sp³-hybridized carbons (Fsp3) is 0.556. The Kier molecular flexibility index (Phi) is 5.04. The topological polar surface area (TPSA) is 70.1 Å². The molecule has 1 N–H and O–H groups in total. The standard InChI is InChI=1S/C18H24N2O4/c1-24-14-8-6-13(7-9-14)15-4-3-11-20(15)17(21)12-19-10-2-5-16(19)18(22)23/h6-9,15-16H,2-5,10-12H2,1H3,(H,22,23)/t15-,16-/m1/s1. The summed E-state index contributed by atoms with van der Waals surface area (Å²) in [6.45, 7) is 1.62. The van der Waals surface area contributed by atoms with Crippen LogP contribution in [0.2, 0.25) is 0 Å². The van der Waals surface area contributed by atoms with Gasteiger partial charge in [0.2, 0.25) is 5.91 Å². The Labute approximate surface area is 142 Å². The first kappa shape index (κ1) is 16.8. The van der Waals surface area contributed by atoms with Crippen molar-refractivity contribution in [3.8, 4) is 5.75 Å². The van der Waals surface area contributed by atoms with Crippen molar-refractivity contribution < 1.29 is 19.4 Å². The molecule has 1 amide bonds. The molecule has 0 unspecified atom stereocenters. The maximum Gasteiger partial charge on any atom is 0.320 e. The highest BCUT2D eigenvalue weighted by molar-refractivity contribution is 5.81. The minimum atomic E-state index is -0.826. The summed E-state index contributed by atoms with van der Waals surface area (Å²) in [7, 11) is 1.63. The van der Waals surface area contributed by atoms with Crippen LogP contribution >= 0.6 is 0 Å². The number of aliphatic carboxylic acids is 1. The van der Waals surface area contributed by atoms with Crippen LogP contribution in [0.15, 0.2) is 24.3 Å². The normalized spacial score (nSPS) is 24.3. The van der Waals surface area contributed by atoms with Crippen LogP contribution < -0.4 is 4.74 Å². The number of rotatable bonds is 5. The Bertz CT molecular complexity index is 602. The van der Waals surface area contributed by atoms with E-state index in [1.807, 2.05) is 29.2 Å². The van der Waals surface area contributed by atoms with Gasteiger partial charge < -0.3 is 14.7 Å². The number of ether oxygens (including phenoxy) is 1. The molecule has 2 atom stereocenters. The molecule has 2 saturated heterocycles. The summed E-state index contributed by atoms with van der Waals surface area (Å²) >= 11 is 0. The predicted octanol–water partition coefficient (Wildman–Crippen LogP) is 1.91. The molecule has 2 fully saturated rings. The number of likely N-dealkylation sites (tertiary alicyclic amines) is 2. The molecule has 0 aliphatic carbocycles. The van der Waals surface area contributed by atoms with Gasteiger partial charge in [0.15, 0.2) is 0 Å². The second-order valence-corrected chi connectivity index (χ2v) is 6.49. The number of methoxy groups -OCH3 is 1. The molecule has 2 heterocycles. The lowest BCUT2D eigenvalue weighted by atomic mass is 10.0. The summed E-state index contributed by atoms with van der Waals surface area (Å²) < 4.78 is 5.19. The highest BCUT2D eigenvalue weighted by Gasteiger charge is 2.35. The summed E-state index contributed by atoms with van der Waals surface area (Å²) in [5, 5.41) is 9.26. The van der Waals surface area contributed by atoms with Crippen LogP contribution in [-0.2, 0) is 9.59 Å². The van der Waals surface area contributed by atoms with E-state index in [0.717, 1.165) is 37.1 Å². The Morgan fingerprint density at radius 2 is 1.88 bits per heavy atom. The van der Waals surface area contributed by atoms with Crippen molar-refractivity contribution in [3.05, 3.63) is 29.8 Å². The van der Waals surface area contributed by atoms with Gasteiger partial charge in [-0.1, -0.05) is 12.1 Å².